The minimum absolute atomic E-state index is 0.227. The van der Waals surface area contributed by atoms with Crippen molar-refractivity contribution < 1.29 is 4.79 Å². The molecule has 1 aliphatic heterocycles. The van der Waals surface area contributed by atoms with Crippen LogP contribution in [0.15, 0.2) is 30.3 Å². The second-order valence-electron chi connectivity index (χ2n) is 8.04. The molecule has 4 heteroatoms. The smallest absolute Gasteiger partial charge is 0.234 e. The van der Waals surface area contributed by atoms with Crippen LogP contribution in [-0.4, -0.2) is 54.0 Å². The number of benzene rings is 1. The zero-order valence-corrected chi connectivity index (χ0v) is 16.3. The highest BCUT2D eigenvalue weighted by Gasteiger charge is 2.27. The molecule has 0 aromatic heterocycles. The SMILES string of the molecule is CCCN(CC(=O)NC1CCCC1)C1CCCN(Cc2ccccc2)C1. The fourth-order valence-corrected chi connectivity index (χ4v) is 4.52. The first-order valence-corrected chi connectivity index (χ1v) is 10.5. The van der Waals surface area contributed by atoms with Gasteiger partial charge in [-0.25, -0.2) is 0 Å². The zero-order valence-electron chi connectivity index (χ0n) is 16.3. The van der Waals surface area contributed by atoms with E-state index >= 15 is 0 Å². The second-order valence-corrected chi connectivity index (χ2v) is 8.04. The number of nitrogens with one attached hydrogen (secondary N) is 1. The van der Waals surface area contributed by atoms with Crippen molar-refractivity contribution in [3.63, 3.8) is 0 Å². The predicted molar refractivity (Wildman–Crippen MR) is 107 cm³/mol. The highest BCUT2D eigenvalue weighted by Crippen LogP contribution is 2.20. The Hall–Kier alpha value is -1.39. The van der Waals surface area contributed by atoms with Crippen molar-refractivity contribution in [2.24, 2.45) is 0 Å². The summed E-state index contributed by atoms with van der Waals surface area (Å²) in [7, 11) is 0. The third-order valence-electron chi connectivity index (χ3n) is 5.82. The van der Waals surface area contributed by atoms with Crippen molar-refractivity contribution in [3.05, 3.63) is 35.9 Å². The minimum atomic E-state index is 0.227. The Labute approximate surface area is 158 Å². The quantitative estimate of drug-likeness (QED) is 0.774. The lowest BCUT2D eigenvalue weighted by Gasteiger charge is -2.39. The van der Waals surface area contributed by atoms with E-state index in [0.717, 1.165) is 38.9 Å². The van der Waals surface area contributed by atoms with E-state index in [1.165, 1.54) is 37.8 Å². The maximum atomic E-state index is 12.5. The molecular formula is C22H35N3O. The van der Waals surface area contributed by atoms with Gasteiger partial charge in [-0.3, -0.25) is 14.6 Å². The number of piperidine rings is 1. The third-order valence-corrected chi connectivity index (χ3v) is 5.82. The molecule has 1 aromatic rings. The Morgan fingerprint density at radius 2 is 1.92 bits per heavy atom. The summed E-state index contributed by atoms with van der Waals surface area (Å²) in [6.07, 6.45) is 8.39. The fourth-order valence-electron chi connectivity index (χ4n) is 4.52. The van der Waals surface area contributed by atoms with Crippen LogP contribution in [0.3, 0.4) is 0 Å². The van der Waals surface area contributed by atoms with E-state index in [4.69, 9.17) is 0 Å². The van der Waals surface area contributed by atoms with Crippen LogP contribution in [0.5, 0.6) is 0 Å². The Morgan fingerprint density at radius 3 is 2.65 bits per heavy atom. The molecule has 144 valence electrons. The van der Waals surface area contributed by atoms with Gasteiger partial charge in [0, 0.05) is 25.2 Å². The highest BCUT2D eigenvalue weighted by molar-refractivity contribution is 5.78. The van der Waals surface area contributed by atoms with Crippen LogP contribution in [0.1, 0.15) is 57.4 Å². The molecule has 4 nitrogen and oxygen atoms in total. The van der Waals surface area contributed by atoms with Gasteiger partial charge in [0.25, 0.3) is 0 Å². The van der Waals surface area contributed by atoms with Crippen LogP contribution < -0.4 is 5.32 Å². The molecule has 1 aromatic carbocycles. The monoisotopic (exact) mass is 357 g/mol. The molecule has 1 unspecified atom stereocenters. The highest BCUT2D eigenvalue weighted by atomic mass is 16.2. The second kappa shape index (κ2) is 10.1. The summed E-state index contributed by atoms with van der Waals surface area (Å²) in [6, 6.07) is 11.7. The average Bonchev–Trinajstić information content (AvgIpc) is 3.15. The van der Waals surface area contributed by atoms with Crippen molar-refractivity contribution in [2.75, 3.05) is 26.2 Å². The molecule has 1 saturated heterocycles. The molecule has 2 fully saturated rings. The Bertz CT molecular complexity index is 542. The number of hydrogen-bond acceptors (Lipinski definition) is 3. The van der Waals surface area contributed by atoms with Crippen molar-refractivity contribution in [3.8, 4) is 0 Å². The van der Waals surface area contributed by atoms with Gasteiger partial charge in [-0.2, -0.15) is 0 Å². The number of rotatable bonds is 8. The largest absolute Gasteiger partial charge is 0.352 e. The lowest BCUT2D eigenvalue weighted by Crippen LogP contribution is -2.51. The van der Waals surface area contributed by atoms with Gasteiger partial charge >= 0.3 is 0 Å². The summed E-state index contributed by atoms with van der Waals surface area (Å²) in [5, 5.41) is 3.26. The third kappa shape index (κ3) is 5.82. The Kier molecular flexibility index (Phi) is 7.51. The molecule has 1 amide bonds. The fraction of sp³-hybridized carbons (Fsp3) is 0.682. The van der Waals surface area contributed by atoms with Crippen molar-refractivity contribution in [2.45, 2.75) is 70.5 Å². The van der Waals surface area contributed by atoms with Gasteiger partial charge in [-0.15, -0.1) is 0 Å². The Balaban J connectivity index is 1.53. The number of likely N-dealkylation sites (tertiary alicyclic amines) is 1. The van der Waals surface area contributed by atoms with Gasteiger partial charge in [-0.05, 0) is 50.8 Å². The van der Waals surface area contributed by atoms with E-state index in [-0.39, 0.29) is 5.91 Å². The van der Waals surface area contributed by atoms with E-state index < -0.39 is 0 Å². The summed E-state index contributed by atoms with van der Waals surface area (Å²) in [4.78, 5) is 17.5. The topological polar surface area (TPSA) is 35.6 Å². The molecule has 3 rings (SSSR count). The van der Waals surface area contributed by atoms with Crippen molar-refractivity contribution >= 4 is 5.91 Å². The molecule has 0 radical (unpaired) electrons. The average molecular weight is 358 g/mol. The van der Waals surface area contributed by atoms with Crippen LogP contribution in [0.2, 0.25) is 0 Å². The first-order valence-electron chi connectivity index (χ1n) is 10.5. The minimum Gasteiger partial charge on any atom is -0.352 e. The summed E-state index contributed by atoms with van der Waals surface area (Å²) < 4.78 is 0. The predicted octanol–water partition coefficient (Wildman–Crippen LogP) is 3.42. The number of nitrogens with zero attached hydrogens (tertiary/aromatic N) is 2. The van der Waals surface area contributed by atoms with Gasteiger partial charge in [0.15, 0.2) is 0 Å². The Morgan fingerprint density at radius 1 is 1.15 bits per heavy atom. The van der Waals surface area contributed by atoms with E-state index in [2.05, 4.69) is 52.4 Å². The van der Waals surface area contributed by atoms with E-state index in [0.29, 0.717) is 18.6 Å². The van der Waals surface area contributed by atoms with Crippen LogP contribution in [0, 0.1) is 0 Å². The van der Waals surface area contributed by atoms with Gasteiger partial charge < -0.3 is 5.32 Å². The van der Waals surface area contributed by atoms with E-state index in [1.54, 1.807) is 0 Å². The molecular weight excluding hydrogens is 322 g/mol. The molecule has 1 N–H and O–H groups in total. The van der Waals surface area contributed by atoms with Gasteiger partial charge in [0.1, 0.15) is 0 Å². The summed E-state index contributed by atoms with van der Waals surface area (Å²) in [5.41, 5.74) is 1.38. The number of hydrogen-bond donors (Lipinski definition) is 1. The zero-order chi connectivity index (χ0) is 18.2. The van der Waals surface area contributed by atoms with Crippen molar-refractivity contribution in [1.29, 1.82) is 0 Å². The van der Waals surface area contributed by atoms with Crippen LogP contribution in [0.25, 0.3) is 0 Å². The first kappa shape index (κ1) is 19.4. The van der Waals surface area contributed by atoms with Gasteiger partial charge in [0.05, 0.1) is 6.54 Å². The lowest BCUT2D eigenvalue weighted by molar-refractivity contribution is -0.123. The summed E-state index contributed by atoms with van der Waals surface area (Å²) in [6.45, 7) is 7.05. The molecule has 1 saturated carbocycles. The lowest BCUT2D eigenvalue weighted by atomic mass is 10.0. The normalized spacial score (nSPS) is 22.0. The number of carbonyl (C=O) groups is 1. The number of amides is 1. The molecule has 1 aliphatic carbocycles. The maximum absolute atomic E-state index is 12.5. The molecule has 26 heavy (non-hydrogen) atoms. The van der Waals surface area contributed by atoms with Gasteiger partial charge in [-0.1, -0.05) is 50.1 Å². The van der Waals surface area contributed by atoms with E-state index in [9.17, 15) is 4.79 Å². The van der Waals surface area contributed by atoms with Crippen molar-refractivity contribution in [1.82, 2.24) is 15.1 Å². The van der Waals surface area contributed by atoms with E-state index in [1.807, 2.05) is 0 Å². The van der Waals surface area contributed by atoms with Crippen LogP contribution in [0.4, 0.5) is 0 Å². The number of carbonyl (C=O) groups excluding carboxylic acids is 1. The summed E-state index contributed by atoms with van der Waals surface area (Å²) in [5.74, 6) is 0.227. The molecule has 1 atom stereocenters. The first-order chi connectivity index (χ1) is 12.7. The van der Waals surface area contributed by atoms with Crippen LogP contribution >= 0.6 is 0 Å². The maximum Gasteiger partial charge on any atom is 0.234 e. The molecule has 0 spiro atoms. The summed E-state index contributed by atoms with van der Waals surface area (Å²) >= 11 is 0. The molecule has 0 bridgehead atoms. The molecule has 1 heterocycles. The molecule has 2 aliphatic rings. The van der Waals surface area contributed by atoms with Gasteiger partial charge in [0.2, 0.25) is 5.91 Å². The van der Waals surface area contributed by atoms with Crippen LogP contribution in [-0.2, 0) is 11.3 Å². The standard InChI is InChI=1S/C22H35N3O/c1-2-14-25(18-22(26)23-20-11-6-7-12-20)21-13-8-15-24(17-21)16-19-9-4-3-5-10-19/h3-5,9-10,20-21H,2,6-8,11-18H2,1H3,(H,23,26).